The molecule has 1 saturated heterocycles. The number of hydrogen-bond donors (Lipinski definition) is 1. The van der Waals surface area contributed by atoms with Gasteiger partial charge in [0.15, 0.2) is 0 Å². The van der Waals surface area contributed by atoms with Gasteiger partial charge in [-0.15, -0.1) is 0 Å². The number of aromatic nitrogens is 3. The van der Waals surface area contributed by atoms with Crippen LogP contribution < -0.4 is 5.32 Å². The van der Waals surface area contributed by atoms with Gasteiger partial charge in [0.2, 0.25) is 15.9 Å². The molecule has 0 spiro atoms. The minimum absolute atomic E-state index is 0.135. The molecule has 25 heavy (non-hydrogen) atoms. The van der Waals surface area contributed by atoms with Crippen molar-refractivity contribution in [3.8, 4) is 0 Å². The van der Waals surface area contributed by atoms with Crippen molar-refractivity contribution in [1.82, 2.24) is 19.1 Å². The van der Waals surface area contributed by atoms with E-state index in [-0.39, 0.29) is 17.2 Å². The van der Waals surface area contributed by atoms with E-state index in [1.165, 1.54) is 22.6 Å². The lowest BCUT2D eigenvalue weighted by Gasteiger charge is -2.25. The number of carbonyl (C=O) groups excluding carboxylic acids is 1. The van der Waals surface area contributed by atoms with E-state index < -0.39 is 10.0 Å². The molecule has 1 fully saturated rings. The van der Waals surface area contributed by atoms with Crippen molar-refractivity contribution in [1.29, 1.82) is 0 Å². The first kappa shape index (κ1) is 17.6. The molecule has 9 heteroatoms. The molecular weight excluding hydrogens is 342 g/mol. The first-order chi connectivity index (χ1) is 11.9. The Hall–Kier alpha value is -2.26. The molecule has 8 nitrogen and oxygen atoms in total. The molecule has 2 aromatic rings. The van der Waals surface area contributed by atoms with E-state index in [1.807, 2.05) is 0 Å². The quantitative estimate of drug-likeness (QED) is 0.860. The SMILES string of the molecule is Cn1ccc(CC(=O)Nc2ccc(S(=O)(=O)N3CCCCC3)cn2)n1. The van der Waals surface area contributed by atoms with Crippen molar-refractivity contribution in [2.75, 3.05) is 18.4 Å². The Bertz CT molecular complexity index is 839. The Labute approximate surface area is 146 Å². The fourth-order valence-electron chi connectivity index (χ4n) is 2.77. The van der Waals surface area contributed by atoms with Gasteiger partial charge < -0.3 is 5.32 Å². The van der Waals surface area contributed by atoms with Crippen LogP contribution in [-0.2, 0) is 28.3 Å². The molecule has 1 aliphatic heterocycles. The Balaban J connectivity index is 1.64. The molecular formula is C16H21N5O3S. The molecule has 0 bridgehead atoms. The van der Waals surface area contributed by atoms with Crippen molar-refractivity contribution in [3.63, 3.8) is 0 Å². The van der Waals surface area contributed by atoms with Crippen molar-refractivity contribution >= 4 is 21.7 Å². The Morgan fingerprint density at radius 2 is 1.96 bits per heavy atom. The fourth-order valence-corrected chi connectivity index (χ4v) is 4.23. The summed E-state index contributed by atoms with van der Waals surface area (Å²) in [5.74, 6) is 0.0661. The number of amides is 1. The van der Waals surface area contributed by atoms with Gasteiger partial charge in [0.25, 0.3) is 0 Å². The van der Waals surface area contributed by atoms with Gasteiger partial charge in [-0.3, -0.25) is 9.48 Å². The van der Waals surface area contributed by atoms with Crippen LogP contribution in [0.5, 0.6) is 0 Å². The van der Waals surface area contributed by atoms with Gasteiger partial charge in [-0.05, 0) is 31.0 Å². The summed E-state index contributed by atoms with van der Waals surface area (Å²) < 4.78 is 28.2. The van der Waals surface area contributed by atoms with Crippen molar-refractivity contribution in [2.45, 2.75) is 30.6 Å². The van der Waals surface area contributed by atoms with Gasteiger partial charge in [-0.2, -0.15) is 9.40 Å². The molecule has 3 rings (SSSR count). The Morgan fingerprint density at radius 1 is 1.20 bits per heavy atom. The van der Waals surface area contributed by atoms with Gasteiger partial charge in [-0.1, -0.05) is 6.42 Å². The number of nitrogens with zero attached hydrogens (tertiary/aromatic N) is 4. The summed E-state index contributed by atoms with van der Waals surface area (Å²) in [5, 5.41) is 6.79. The normalized spacial score (nSPS) is 15.9. The van der Waals surface area contributed by atoms with Crippen LogP contribution in [0.15, 0.2) is 35.5 Å². The summed E-state index contributed by atoms with van der Waals surface area (Å²) in [6, 6.07) is 4.75. The predicted molar refractivity (Wildman–Crippen MR) is 92.4 cm³/mol. The Morgan fingerprint density at radius 3 is 2.56 bits per heavy atom. The number of nitrogens with one attached hydrogen (secondary N) is 1. The summed E-state index contributed by atoms with van der Waals surface area (Å²) in [5.41, 5.74) is 0.657. The summed E-state index contributed by atoms with van der Waals surface area (Å²) in [7, 11) is -1.73. The van der Waals surface area contributed by atoms with Gasteiger partial charge >= 0.3 is 0 Å². The minimum atomic E-state index is -3.51. The molecule has 0 saturated carbocycles. The van der Waals surface area contributed by atoms with Gasteiger partial charge in [-0.25, -0.2) is 13.4 Å². The molecule has 134 valence electrons. The van der Waals surface area contributed by atoms with E-state index in [0.717, 1.165) is 19.3 Å². The van der Waals surface area contributed by atoms with Crippen molar-refractivity contribution in [3.05, 3.63) is 36.3 Å². The number of piperidine rings is 1. The number of anilines is 1. The summed E-state index contributed by atoms with van der Waals surface area (Å²) in [6.07, 6.45) is 6.02. The lowest BCUT2D eigenvalue weighted by Crippen LogP contribution is -2.35. The van der Waals surface area contributed by atoms with Gasteiger partial charge in [0.1, 0.15) is 10.7 Å². The van der Waals surface area contributed by atoms with E-state index in [1.54, 1.807) is 24.0 Å². The van der Waals surface area contributed by atoms with E-state index in [0.29, 0.717) is 24.6 Å². The van der Waals surface area contributed by atoms with Crippen LogP contribution in [-0.4, -0.2) is 46.5 Å². The molecule has 0 radical (unpaired) electrons. The summed E-state index contributed by atoms with van der Waals surface area (Å²) >= 11 is 0. The average molecular weight is 363 g/mol. The zero-order valence-electron chi connectivity index (χ0n) is 14.1. The van der Waals surface area contributed by atoms with Crippen LogP contribution in [0.1, 0.15) is 25.0 Å². The minimum Gasteiger partial charge on any atom is -0.310 e. The maximum atomic E-state index is 12.6. The van der Waals surface area contributed by atoms with Crippen LogP contribution in [0.2, 0.25) is 0 Å². The zero-order chi connectivity index (χ0) is 17.9. The lowest BCUT2D eigenvalue weighted by molar-refractivity contribution is -0.115. The van der Waals surface area contributed by atoms with Gasteiger partial charge in [0.05, 0.1) is 12.1 Å². The maximum absolute atomic E-state index is 12.6. The molecule has 0 aromatic carbocycles. The summed E-state index contributed by atoms with van der Waals surface area (Å²) in [4.78, 5) is 16.2. The van der Waals surface area contributed by atoms with E-state index in [9.17, 15) is 13.2 Å². The summed E-state index contributed by atoms with van der Waals surface area (Å²) in [6.45, 7) is 1.09. The number of hydrogen-bond acceptors (Lipinski definition) is 5. The molecule has 1 N–H and O–H groups in total. The highest BCUT2D eigenvalue weighted by Crippen LogP contribution is 2.20. The second-order valence-electron chi connectivity index (χ2n) is 6.05. The molecule has 2 aromatic heterocycles. The van der Waals surface area contributed by atoms with Crippen molar-refractivity contribution in [2.24, 2.45) is 7.05 Å². The van der Waals surface area contributed by atoms with Crippen LogP contribution in [0.4, 0.5) is 5.82 Å². The highest BCUT2D eigenvalue weighted by atomic mass is 32.2. The Kier molecular flexibility index (Phi) is 5.14. The number of pyridine rings is 1. The smallest absolute Gasteiger partial charge is 0.244 e. The highest BCUT2D eigenvalue weighted by molar-refractivity contribution is 7.89. The third-order valence-corrected chi connectivity index (χ3v) is 5.95. The topological polar surface area (TPSA) is 97.2 Å². The standard InChI is InChI=1S/C16H21N5O3S/c1-20-10-7-13(19-20)11-16(22)18-15-6-5-14(12-17-15)25(23,24)21-8-3-2-4-9-21/h5-7,10,12H,2-4,8-9,11H2,1H3,(H,17,18,22). The van der Waals surface area contributed by atoms with Crippen LogP contribution in [0.3, 0.4) is 0 Å². The zero-order valence-corrected chi connectivity index (χ0v) is 14.9. The van der Waals surface area contributed by atoms with Crippen LogP contribution >= 0.6 is 0 Å². The predicted octanol–water partition coefficient (Wildman–Crippen LogP) is 1.17. The van der Waals surface area contributed by atoms with E-state index >= 15 is 0 Å². The number of sulfonamides is 1. The highest BCUT2D eigenvalue weighted by Gasteiger charge is 2.26. The number of rotatable bonds is 5. The van der Waals surface area contributed by atoms with E-state index in [4.69, 9.17) is 0 Å². The fraction of sp³-hybridized carbons (Fsp3) is 0.438. The first-order valence-corrected chi connectivity index (χ1v) is 9.64. The molecule has 1 aliphatic rings. The largest absolute Gasteiger partial charge is 0.310 e. The average Bonchev–Trinajstić information content (AvgIpc) is 3.01. The van der Waals surface area contributed by atoms with Crippen LogP contribution in [0, 0.1) is 0 Å². The second-order valence-corrected chi connectivity index (χ2v) is 7.99. The third-order valence-electron chi connectivity index (χ3n) is 4.07. The van der Waals surface area contributed by atoms with E-state index in [2.05, 4.69) is 15.4 Å². The molecule has 0 aliphatic carbocycles. The molecule has 0 atom stereocenters. The first-order valence-electron chi connectivity index (χ1n) is 8.20. The third kappa shape index (κ3) is 4.23. The van der Waals surface area contributed by atoms with Crippen LogP contribution in [0.25, 0.3) is 0 Å². The second kappa shape index (κ2) is 7.32. The molecule has 1 amide bonds. The number of aryl methyl sites for hydroxylation is 1. The van der Waals surface area contributed by atoms with Crippen molar-refractivity contribution < 1.29 is 13.2 Å². The monoisotopic (exact) mass is 363 g/mol. The lowest BCUT2D eigenvalue weighted by atomic mass is 10.2. The molecule has 0 unspecified atom stereocenters. The van der Waals surface area contributed by atoms with Gasteiger partial charge in [0, 0.05) is 32.5 Å². The molecule has 3 heterocycles. The number of carbonyl (C=O) groups is 1. The maximum Gasteiger partial charge on any atom is 0.244 e.